The summed E-state index contributed by atoms with van der Waals surface area (Å²) in [5.74, 6) is -0.308. The van der Waals surface area contributed by atoms with Crippen molar-refractivity contribution >= 4 is 19.8 Å². The van der Waals surface area contributed by atoms with Gasteiger partial charge in [-0.1, -0.05) is 13.8 Å². The Kier molecular flexibility index (Phi) is 7.38. The fourth-order valence-corrected chi connectivity index (χ4v) is 1.06. The molecule has 14 heavy (non-hydrogen) atoms. The van der Waals surface area contributed by atoms with Gasteiger partial charge in [-0.3, -0.25) is 9.59 Å². The zero-order valence-electron chi connectivity index (χ0n) is 8.32. The highest BCUT2D eigenvalue weighted by Crippen LogP contribution is 2.23. The molecule has 0 bridgehead atoms. The minimum atomic E-state index is -2.35. The Hall–Kier alpha value is -0.640. The van der Waals surface area contributed by atoms with E-state index >= 15 is 0 Å². The summed E-state index contributed by atoms with van der Waals surface area (Å²) in [5, 5.41) is 0. The largest absolute Gasteiger partial charge is 0.698 e. The summed E-state index contributed by atoms with van der Waals surface area (Å²) in [5.41, 5.74) is 0. The fraction of sp³-hybridized carbons (Fsp3) is 0.750. The minimum Gasteiger partial charge on any atom is -0.297 e. The van der Waals surface area contributed by atoms with E-state index in [2.05, 4.69) is 9.05 Å². The van der Waals surface area contributed by atoms with Gasteiger partial charge >= 0.3 is 8.25 Å². The monoisotopic (exact) mass is 221 g/mol. The van der Waals surface area contributed by atoms with E-state index in [4.69, 9.17) is 0 Å². The van der Waals surface area contributed by atoms with Crippen LogP contribution in [0.2, 0.25) is 0 Å². The van der Waals surface area contributed by atoms with Crippen LogP contribution in [-0.2, 0) is 23.2 Å². The number of carbonyl (C=O) groups excluding carboxylic acids is 2. The quantitative estimate of drug-likeness (QED) is 0.582. The van der Waals surface area contributed by atoms with E-state index in [1.807, 2.05) is 0 Å². The van der Waals surface area contributed by atoms with Gasteiger partial charge < -0.3 is 0 Å². The van der Waals surface area contributed by atoms with Crippen molar-refractivity contribution < 1.29 is 23.2 Å². The van der Waals surface area contributed by atoms with E-state index in [-0.39, 0.29) is 24.8 Å². The maximum Gasteiger partial charge on any atom is 0.698 e. The molecule has 0 aliphatic rings. The highest BCUT2D eigenvalue weighted by Gasteiger charge is 2.22. The lowest BCUT2D eigenvalue weighted by atomic mass is 10.3. The van der Waals surface area contributed by atoms with Crippen LogP contribution in [0.4, 0.5) is 0 Å². The Bertz CT molecular complexity index is 204. The van der Waals surface area contributed by atoms with Crippen LogP contribution in [0.1, 0.15) is 26.7 Å². The molecule has 0 aliphatic heterocycles. The zero-order valence-corrected chi connectivity index (χ0v) is 9.21. The highest BCUT2D eigenvalue weighted by atomic mass is 31.1. The molecular formula is C8H14O5P+. The fourth-order valence-electron chi connectivity index (χ4n) is 0.491. The van der Waals surface area contributed by atoms with Crippen molar-refractivity contribution in [2.75, 3.05) is 13.2 Å². The predicted octanol–water partition coefficient (Wildman–Crippen LogP) is 1.64. The van der Waals surface area contributed by atoms with Crippen LogP contribution in [0.3, 0.4) is 0 Å². The van der Waals surface area contributed by atoms with Crippen molar-refractivity contribution in [1.29, 1.82) is 0 Å². The average Bonchev–Trinajstić information content (AvgIpc) is 2.22. The van der Waals surface area contributed by atoms with E-state index in [0.717, 1.165) is 0 Å². The third-order valence-corrected chi connectivity index (χ3v) is 2.13. The highest BCUT2D eigenvalue weighted by molar-refractivity contribution is 7.33. The summed E-state index contributed by atoms with van der Waals surface area (Å²) >= 11 is 0. The Morgan fingerprint density at radius 1 is 1.00 bits per heavy atom. The number of rotatable bonds is 8. The lowest BCUT2D eigenvalue weighted by molar-refractivity contribution is -0.121. The number of ketones is 2. The molecule has 0 saturated heterocycles. The maximum absolute atomic E-state index is 10.9. The molecule has 80 valence electrons. The first kappa shape index (κ1) is 13.4. The molecule has 0 unspecified atom stereocenters. The second kappa shape index (κ2) is 7.74. The molecule has 0 rings (SSSR count). The van der Waals surface area contributed by atoms with E-state index < -0.39 is 8.25 Å². The van der Waals surface area contributed by atoms with Crippen molar-refractivity contribution in [3.8, 4) is 0 Å². The summed E-state index contributed by atoms with van der Waals surface area (Å²) in [4.78, 5) is 21.5. The molecule has 0 aliphatic carbocycles. The lowest BCUT2D eigenvalue weighted by Gasteiger charge is -1.90. The lowest BCUT2D eigenvalue weighted by Crippen LogP contribution is -2.06. The van der Waals surface area contributed by atoms with Crippen LogP contribution >= 0.6 is 8.25 Å². The number of hydrogen-bond acceptors (Lipinski definition) is 5. The van der Waals surface area contributed by atoms with Gasteiger partial charge in [-0.25, -0.2) is 0 Å². The molecule has 0 aromatic rings. The first-order valence-corrected chi connectivity index (χ1v) is 5.46. The van der Waals surface area contributed by atoms with Crippen molar-refractivity contribution in [2.45, 2.75) is 26.7 Å². The molecule has 0 amide bonds. The van der Waals surface area contributed by atoms with Gasteiger partial charge in [0.05, 0.1) is 0 Å². The van der Waals surface area contributed by atoms with Crippen molar-refractivity contribution in [3.63, 3.8) is 0 Å². The predicted molar refractivity (Wildman–Crippen MR) is 50.1 cm³/mol. The minimum absolute atomic E-state index is 0.154. The van der Waals surface area contributed by atoms with Gasteiger partial charge in [0.15, 0.2) is 24.8 Å². The van der Waals surface area contributed by atoms with Gasteiger partial charge in [-0.05, 0) is 0 Å². The Labute approximate surface area is 83.7 Å². The van der Waals surface area contributed by atoms with Crippen molar-refractivity contribution in [1.82, 2.24) is 0 Å². The van der Waals surface area contributed by atoms with E-state index in [0.29, 0.717) is 12.8 Å². The molecular weight excluding hydrogens is 207 g/mol. The summed E-state index contributed by atoms with van der Waals surface area (Å²) in [6, 6.07) is 0. The van der Waals surface area contributed by atoms with E-state index in [9.17, 15) is 14.2 Å². The van der Waals surface area contributed by atoms with Crippen LogP contribution in [0.15, 0.2) is 0 Å². The zero-order chi connectivity index (χ0) is 11.0. The first-order valence-electron chi connectivity index (χ1n) is 4.36. The van der Waals surface area contributed by atoms with Crippen LogP contribution < -0.4 is 0 Å². The maximum atomic E-state index is 10.9. The Balaban J connectivity index is 3.56. The summed E-state index contributed by atoms with van der Waals surface area (Å²) in [6.07, 6.45) is 0.661. The molecule has 5 nitrogen and oxygen atoms in total. The third kappa shape index (κ3) is 6.83. The van der Waals surface area contributed by atoms with Gasteiger partial charge in [0.2, 0.25) is 0 Å². The number of hydrogen-bond donors (Lipinski definition) is 0. The van der Waals surface area contributed by atoms with Crippen molar-refractivity contribution in [2.24, 2.45) is 0 Å². The van der Waals surface area contributed by atoms with Gasteiger partial charge in [-0.15, -0.1) is 9.05 Å². The SMILES string of the molecule is CCC(=O)CO[P+](=O)OCC(=O)CC. The van der Waals surface area contributed by atoms with Gasteiger partial charge in [-0.2, -0.15) is 0 Å². The third-order valence-electron chi connectivity index (χ3n) is 1.45. The Morgan fingerprint density at radius 2 is 1.36 bits per heavy atom. The molecule has 6 heteroatoms. The second-order valence-electron chi connectivity index (χ2n) is 2.55. The average molecular weight is 221 g/mol. The Morgan fingerprint density at radius 3 is 1.64 bits per heavy atom. The summed E-state index contributed by atoms with van der Waals surface area (Å²) in [7, 11) is -2.35. The molecule has 0 saturated carbocycles. The molecule has 0 heterocycles. The van der Waals surface area contributed by atoms with Crippen molar-refractivity contribution in [3.05, 3.63) is 0 Å². The number of carbonyl (C=O) groups is 2. The van der Waals surface area contributed by atoms with Crippen LogP contribution in [0, 0.1) is 0 Å². The second-order valence-corrected chi connectivity index (χ2v) is 3.52. The van der Waals surface area contributed by atoms with Crippen LogP contribution in [-0.4, -0.2) is 24.8 Å². The first-order chi connectivity index (χ1) is 6.60. The molecule has 0 atom stereocenters. The van der Waals surface area contributed by atoms with Crippen LogP contribution in [0.25, 0.3) is 0 Å². The van der Waals surface area contributed by atoms with E-state index in [1.165, 1.54) is 0 Å². The van der Waals surface area contributed by atoms with Crippen LogP contribution in [0.5, 0.6) is 0 Å². The smallest absolute Gasteiger partial charge is 0.297 e. The normalized spacial score (nSPS) is 9.86. The summed E-state index contributed by atoms with van der Waals surface area (Å²) in [6.45, 7) is 2.90. The molecule has 0 fully saturated rings. The van der Waals surface area contributed by atoms with Gasteiger partial charge in [0, 0.05) is 17.4 Å². The van der Waals surface area contributed by atoms with Gasteiger partial charge in [0.25, 0.3) is 0 Å². The van der Waals surface area contributed by atoms with Gasteiger partial charge in [0.1, 0.15) is 0 Å². The molecule has 0 spiro atoms. The number of Topliss-reactive ketones (excluding diaryl/α,β-unsaturated/α-hetero) is 2. The molecule has 0 aromatic carbocycles. The topological polar surface area (TPSA) is 69.7 Å². The standard InChI is InChI=1S/C8H14O5P/c1-3-7(9)5-12-14(11)13-6-8(10)4-2/h3-6H2,1-2H3/q+1. The molecule has 0 radical (unpaired) electrons. The molecule has 0 N–H and O–H groups in total. The molecule has 0 aromatic heterocycles. The summed E-state index contributed by atoms with van der Waals surface area (Å²) < 4.78 is 20.0. The van der Waals surface area contributed by atoms with E-state index in [1.54, 1.807) is 13.8 Å².